The summed E-state index contributed by atoms with van der Waals surface area (Å²) in [5.41, 5.74) is 7.60. The van der Waals surface area contributed by atoms with Gasteiger partial charge in [0.05, 0.1) is 0 Å². The number of likely N-dealkylation sites (N-methyl/N-ethyl adjacent to an activating group) is 1. The van der Waals surface area contributed by atoms with Gasteiger partial charge in [-0.2, -0.15) is 0 Å². The minimum atomic E-state index is 0.293. The number of hydrogen-bond acceptors (Lipinski definition) is 2. The van der Waals surface area contributed by atoms with E-state index in [2.05, 4.69) is 42.2 Å². The molecule has 0 aromatic heterocycles. The van der Waals surface area contributed by atoms with Crippen molar-refractivity contribution in [2.24, 2.45) is 5.73 Å². The molecule has 1 saturated heterocycles. The van der Waals surface area contributed by atoms with E-state index in [1.807, 2.05) is 0 Å². The molecule has 1 aliphatic rings. The molecule has 2 heteroatoms. The monoisotopic (exact) mass is 204 g/mol. The van der Waals surface area contributed by atoms with E-state index in [0.29, 0.717) is 12.1 Å². The molecule has 0 aliphatic carbocycles. The van der Waals surface area contributed by atoms with Gasteiger partial charge in [0.2, 0.25) is 0 Å². The van der Waals surface area contributed by atoms with Crippen LogP contribution in [-0.4, -0.2) is 24.0 Å². The molecule has 0 amide bonds. The number of hydrogen-bond donors (Lipinski definition) is 1. The van der Waals surface area contributed by atoms with Gasteiger partial charge < -0.3 is 5.73 Å². The Morgan fingerprint density at radius 3 is 2.73 bits per heavy atom. The van der Waals surface area contributed by atoms with E-state index in [9.17, 15) is 0 Å². The Bertz CT molecular complexity index is 297. The standard InChI is InChI=1S/C13H20N2/c1-2-15-10-6-9-12(14)13(15)11-7-4-3-5-8-11/h3-5,7-8,12-13H,2,6,9-10,14H2,1H3. The SMILES string of the molecule is CCN1CCCC(N)C1c1ccccc1. The van der Waals surface area contributed by atoms with E-state index >= 15 is 0 Å². The molecule has 1 fully saturated rings. The molecule has 1 aliphatic heterocycles. The van der Waals surface area contributed by atoms with E-state index in [4.69, 9.17) is 5.73 Å². The molecule has 2 unspecified atom stereocenters. The van der Waals surface area contributed by atoms with E-state index in [1.165, 1.54) is 18.5 Å². The molecule has 0 spiro atoms. The van der Waals surface area contributed by atoms with Crippen LogP contribution in [0.5, 0.6) is 0 Å². The fourth-order valence-electron chi connectivity index (χ4n) is 2.56. The average molecular weight is 204 g/mol. The maximum absolute atomic E-state index is 6.24. The molecule has 2 N–H and O–H groups in total. The van der Waals surface area contributed by atoms with Gasteiger partial charge >= 0.3 is 0 Å². The maximum atomic E-state index is 6.24. The van der Waals surface area contributed by atoms with Gasteiger partial charge in [-0.15, -0.1) is 0 Å². The number of nitrogens with two attached hydrogens (primary N) is 1. The van der Waals surface area contributed by atoms with Crippen LogP contribution in [0.3, 0.4) is 0 Å². The number of benzene rings is 1. The number of nitrogens with zero attached hydrogens (tertiary/aromatic N) is 1. The van der Waals surface area contributed by atoms with Crippen molar-refractivity contribution in [3.8, 4) is 0 Å². The summed E-state index contributed by atoms with van der Waals surface area (Å²) in [5.74, 6) is 0. The van der Waals surface area contributed by atoms with Crippen molar-refractivity contribution >= 4 is 0 Å². The minimum Gasteiger partial charge on any atom is -0.326 e. The molecule has 15 heavy (non-hydrogen) atoms. The topological polar surface area (TPSA) is 29.3 Å². The number of likely N-dealkylation sites (tertiary alicyclic amines) is 1. The summed E-state index contributed by atoms with van der Waals surface area (Å²) in [6.07, 6.45) is 2.38. The van der Waals surface area contributed by atoms with Crippen molar-refractivity contribution < 1.29 is 0 Å². The molecule has 2 atom stereocenters. The van der Waals surface area contributed by atoms with Gasteiger partial charge in [0.1, 0.15) is 0 Å². The Labute approximate surface area is 92.1 Å². The van der Waals surface area contributed by atoms with E-state index in [0.717, 1.165) is 13.0 Å². The predicted octanol–water partition coefficient (Wildman–Crippen LogP) is 2.17. The van der Waals surface area contributed by atoms with Crippen molar-refractivity contribution in [2.75, 3.05) is 13.1 Å². The normalized spacial score (nSPS) is 27.9. The highest BCUT2D eigenvalue weighted by molar-refractivity contribution is 5.21. The molecular weight excluding hydrogens is 184 g/mol. The van der Waals surface area contributed by atoms with E-state index < -0.39 is 0 Å². The second-order valence-corrected chi connectivity index (χ2v) is 4.29. The Morgan fingerprint density at radius 2 is 2.07 bits per heavy atom. The van der Waals surface area contributed by atoms with Crippen LogP contribution in [0.1, 0.15) is 31.4 Å². The molecule has 1 aromatic rings. The molecule has 0 saturated carbocycles. The Morgan fingerprint density at radius 1 is 1.33 bits per heavy atom. The Hall–Kier alpha value is -0.860. The summed E-state index contributed by atoms with van der Waals surface area (Å²) in [5, 5.41) is 0. The molecule has 82 valence electrons. The quantitative estimate of drug-likeness (QED) is 0.800. The number of piperidine rings is 1. The summed E-state index contributed by atoms with van der Waals surface area (Å²) >= 11 is 0. The summed E-state index contributed by atoms with van der Waals surface area (Å²) in [4.78, 5) is 2.49. The maximum Gasteiger partial charge on any atom is 0.0499 e. The third-order valence-corrected chi connectivity index (χ3v) is 3.33. The molecule has 2 nitrogen and oxygen atoms in total. The molecule has 1 aromatic carbocycles. The van der Waals surface area contributed by atoms with Crippen molar-refractivity contribution in [1.29, 1.82) is 0 Å². The van der Waals surface area contributed by atoms with Gasteiger partial charge in [-0.3, -0.25) is 4.90 Å². The van der Waals surface area contributed by atoms with Gasteiger partial charge in [-0.25, -0.2) is 0 Å². The highest BCUT2D eigenvalue weighted by Gasteiger charge is 2.28. The molecule has 0 radical (unpaired) electrons. The van der Waals surface area contributed by atoms with Crippen LogP contribution < -0.4 is 5.73 Å². The first-order chi connectivity index (χ1) is 7.33. The van der Waals surface area contributed by atoms with Crippen LogP contribution in [0.2, 0.25) is 0 Å². The van der Waals surface area contributed by atoms with Crippen LogP contribution in [0.4, 0.5) is 0 Å². The molecule has 2 rings (SSSR count). The van der Waals surface area contributed by atoms with Crippen LogP contribution in [0.25, 0.3) is 0 Å². The first-order valence-corrected chi connectivity index (χ1v) is 5.87. The Kier molecular flexibility index (Phi) is 3.39. The fraction of sp³-hybridized carbons (Fsp3) is 0.538. The zero-order chi connectivity index (χ0) is 10.7. The zero-order valence-corrected chi connectivity index (χ0v) is 9.39. The van der Waals surface area contributed by atoms with Crippen LogP contribution in [0, 0.1) is 0 Å². The molecule has 1 heterocycles. The third kappa shape index (κ3) is 2.21. The lowest BCUT2D eigenvalue weighted by Crippen LogP contribution is -2.45. The second-order valence-electron chi connectivity index (χ2n) is 4.29. The van der Waals surface area contributed by atoms with E-state index in [1.54, 1.807) is 0 Å². The fourth-order valence-corrected chi connectivity index (χ4v) is 2.56. The molecule has 0 bridgehead atoms. The average Bonchev–Trinajstić information content (AvgIpc) is 2.29. The summed E-state index contributed by atoms with van der Waals surface area (Å²) in [7, 11) is 0. The zero-order valence-electron chi connectivity index (χ0n) is 9.39. The van der Waals surface area contributed by atoms with Gasteiger partial charge in [-0.1, -0.05) is 37.3 Å². The first kappa shape index (κ1) is 10.7. The van der Waals surface area contributed by atoms with Gasteiger partial charge in [0, 0.05) is 12.1 Å². The number of rotatable bonds is 2. The lowest BCUT2D eigenvalue weighted by Gasteiger charge is -2.39. The van der Waals surface area contributed by atoms with Crippen LogP contribution >= 0.6 is 0 Å². The predicted molar refractivity (Wildman–Crippen MR) is 63.6 cm³/mol. The third-order valence-electron chi connectivity index (χ3n) is 3.33. The first-order valence-electron chi connectivity index (χ1n) is 5.87. The van der Waals surface area contributed by atoms with Gasteiger partial charge in [0.25, 0.3) is 0 Å². The van der Waals surface area contributed by atoms with Gasteiger partial charge in [0.15, 0.2) is 0 Å². The second kappa shape index (κ2) is 4.77. The van der Waals surface area contributed by atoms with Crippen molar-refractivity contribution in [3.63, 3.8) is 0 Å². The highest BCUT2D eigenvalue weighted by atomic mass is 15.2. The Balaban J connectivity index is 2.23. The highest BCUT2D eigenvalue weighted by Crippen LogP contribution is 2.29. The van der Waals surface area contributed by atoms with Crippen LogP contribution in [0.15, 0.2) is 30.3 Å². The minimum absolute atomic E-state index is 0.293. The van der Waals surface area contributed by atoms with Gasteiger partial charge in [-0.05, 0) is 31.5 Å². The van der Waals surface area contributed by atoms with Crippen molar-refractivity contribution in [3.05, 3.63) is 35.9 Å². The lowest BCUT2D eigenvalue weighted by molar-refractivity contribution is 0.136. The summed E-state index contributed by atoms with van der Waals surface area (Å²) in [6, 6.07) is 11.4. The van der Waals surface area contributed by atoms with E-state index in [-0.39, 0.29) is 0 Å². The molecular formula is C13H20N2. The smallest absolute Gasteiger partial charge is 0.0499 e. The lowest BCUT2D eigenvalue weighted by atomic mass is 9.91. The summed E-state index contributed by atoms with van der Waals surface area (Å²) < 4.78 is 0. The van der Waals surface area contributed by atoms with Crippen molar-refractivity contribution in [1.82, 2.24) is 4.90 Å². The largest absolute Gasteiger partial charge is 0.326 e. The van der Waals surface area contributed by atoms with Crippen molar-refractivity contribution in [2.45, 2.75) is 31.8 Å². The van der Waals surface area contributed by atoms with Crippen LogP contribution in [-0.2, 0) is 0 Å². The summed E-state index contributed by atoms with van der Waals surface area (Å²) in [6.45, 7) is 4.49.